The fourth-order valence-corrected chi connectivity index (χ4v) is 6.61. The van der Waals surface area contributed by atoms with Crippen LogP contribution < -0.4 is 0 Å². The molecule has 1 N–H and O–H groups in total. The summed E-state index contributed by atoms with van der Waals surface area (Å²) < 4.78 is 11.0. The van der Waals surface area contributed by atoms with Gasteiger partial charge in [0.15, 0.2) is 17.7 Å². The van der Waals surface area contributed by atoms with Crippen molar-refractivity contribution in [1.29, 1.82) is 0 Å². The number of aliphatic hydroxyl groups is 1. The van der Waals surface area contributed by atoms with Gasteiger partial charge in [-0.15, -0.1) is 0 Å². The predicted octanol–water partition coefficient (Wildman–Crippen LogP) is 7.40. The first-order chi connectivity index (χ1) is 25.2. The standard InChI is InChI=1S/C43H51NO8/c1-31-18-17-23-35(26-31)37(39(47)24-15-7-5-3-4-6-8-16-25-45)29-40(48)41(52-32(2)46)38(28-34-21-13-10-14-22-34)42(49)44-36(30-51-43(44)50)27-33-19-11-9-12-20-33/h9-14,17-23,26,29,36,38,41,45H,3-8,15-16,24-25,27-28,30H2,1-2H3. The zero-order chi connectivity index (χ0) is 37.3. The number of hydrogen-bond donors (Lipinski definition) is 1. The van der Waals surface area contributed by atoms with Crippen molar-refractivity contribution in [3.63, 3.8) is 0 Å². The number of benzene rings is 3. The highest BCUT2D eigenvalue weighted by Crippen LogP contribution is 2.28. The lowest BCUT2D eigenvalue weighted by atomic mass is 9.87. The van der Waals surface area contributed by atoms with Crippen molar-refractivity contribution in [2.75, 3.05) is 13.2 Å². The number of ether oxygens (including phenoxy) is 2. The molecule has 9 nitrogen and oxygen atoms in total. The van der Waals surface area contributed by atoms with E-state index in [-0.39, 0.29) is 37.4 Å². The molecule has 1 aliphatic rings. The average molecular weight is 710 g/mol. The fraction of sp³-hybridized carbons (Fsp3) is 0.419. The lowest BCUT2D eigenvalue weighted by Gasteiger charge is -2.29. The number of hydrogen-bond acceptors (Lipinski definition) is 8. The van der Waals surface area contributed by atoms with E-state index in [1.165, 1.54) is 6.08 Å². The second kappa shape index (κ2) is 20.8. The van der Waals surface area contributed by atoms with Gasteiger partial charge >= 0.3 is 12.1 Å². The number of allylic oxidation sites excluding steroid dienone is 1. The van der Waals surface area contributed by atoms with Crippen LogP contribution in [0.4, 0.5) is 4.79 Å². The van der Waals surface area contributed by atoms with Crippen LogP contribution in [-0.2, 0) is 41.5 Å². The normalized spacial score (nSPS) is 15.5. The van der Waals surface area contributed by atoms with E-state index in [0.29, 0.717) is 24.0 Å². The van der Waals surface area contributed by atoms with Crippen LogP contribution >= 0.6 is 0 Å². The largest absolute Gasteiger partial charge is 0.453 e. The highest BCUT2D eigenvalue weighted by molar-refractivity contribution is 6.25. The van der Waals surface area contributed by atoms with Gasteiger partial charge in [0.25, 0.3) is 0 Å². The van der Waals surface area contributed by atoms with Crippen molar-refractivity contribution in [3.05, 3.63) is 113 Å². The van der Waals surface area contributed by atoms with Gasteiger partial charge in [-0.2, -0.15) is 0 Å². The van der Waals surface area contributed by atoms with Crippen LogP contribution in [0.25, 0.3) is 5.57 Å². The summed E-state index contributed by atoms with van der Waals surface area (Å²) in [5.74, 6) is -3.70. The number of ketones is 2. The van der Waals surface area contributed by atoms with Gasteiger partial charge in [0.05, 0.1) is 12.0 Å². The van der Waals surface area contributed by atoms with Gasteiger partial charge in [-0.3, -0.25) is 19.2 Å². The summed E-state index contributed by atoms with van der Waals surface area (Å²) in [4.78, 5) is 69.4. The first-order valence-electron chi connectivity index (χ1n) is 18.4. The van der Waals surface area contributed by atoms with Crippen LogP contribution in [0, 0.1) is 12.8 Å². The van der Waals surface area contributed by atoms with E-state index in [2.05, 4.69) is 0 Å². The van der Waals surface area contributed by atoms with Crippen LogP contribution in [0.2, 0.25) is 0 Å². The topological polar surface area (TPSA) is 127 Å². The number of cyclic esters (lactones) is 1. The molecule has 0 aliphatic carbocycles. The number of esters is 1. The summed E-state index contributed by atoms with van der Waals surface area (Å²) in [5.41, 5.74) is 3.24. The molecule has 0 aromatic heterocycles. The Hall–Kier alpha value is -4.89. The molecule has 9 heteroatoms. The molecule has 1 fully saturated rings. The minimum absolute atomic E-state index is 0.00718. The zero-order valence-corrected chi connectivity index (χ0v) is 30.3. The molecule has 1 saturated heterocycles. The predicted molar refractivity (Wildman–Crippen MR) is 199 cm³/mol. The third-order valence-electron chi connectivity index (χ3n) is 9.30. The molecular formula is C43H51NO8. The first-order valence-corrected chi connectivity index (χ1v) is 18.4. The second-order valence-electron chi connectivity index (χ2n) is 13.5. The number of carbonyl (C=O) groups is 5. The molecule has 0 radical (unpaired) electrons. The van der Waals surface area contributed by atoms with Crippen LogP contribution in [0.15, 0.2) is 91.0 Å². The van der Waals surface area contributed by atoms with E-state index in [1.54, 1.807) is 30.3 Å². The Morgan fingerprint density at radius 2 is 1.46 bits per heavy atom. The Bertz CT molecular complexity index is 1670. The van der Waals surface area contributed by atoms with Gasteiger partial charge in [-0.1, -0.05) is 129 Å². The maximum absolute atomic E-state index is 14.5. The molecule has 3 unspecified atom stereocenters. The summed E-state index contributed by atoms with van der Waals surface area (Å²) in [6.45, 7) is 3.26. The Morgan fingerprint density at radius 1 is 0.846 bits per heavy atom. The molecule has 3 atom stereocenters. The van der Waals surface area contributed by atoms with E-state index in [1.807, 2.05) is 61.5 Å². The van der Waals surface area contributed by atoms with Gasteiger partial charge < -0.3 is 14.6 Å². The minimum atomic E-state index is -1.62. The Labute approximate surface area is 307 Å². The van der Waals surface area contributed by atoms with Gasteiger partial charge in [0.1, 0.15) is 6.61 Å². The van der Waals surface area contributed by atoms with E-state index < -0.39 is 41.8 Å². The average Bonchev–Trinajstić information content (AvgIpc) is 3.50. The number of carbonyl (C=O) groups excluding carboxylic acids is 5. The molecule has 52 heavy (non-hydrogen) atoms. The van der Waals surface area contributed by atoms with Crippen molar-refractivity contribution in [3.8, 4) is 0 Å². The molecule has 276 valence electrons. The fourth-order valence-electron chi connectivity index (χ4n) is 6.61. The Kier molecular flexibility index (Phi) is 16.0. The molecule has 0 saturated carbocycles. The molecule has 1 heterocycles. The third kappa shape index (κ3) is 12.1. The van der Waals surface area contributed by atoms with Crippen LogP contribution in [-0.4, -0.2) is 64.9 Å². The van der Waals surface area contributed by atoms with E-state index in [9.17, 15) is 24.0 Å². The molecule has 2 amide bonds. The quantitative estimate of drug-likeness (QED) is 0.0689. The van der Waals surface area contributed by atoms with Crippen LogP contribution in [0.3, 0.4) is 0 Å². The molecule has 0 bridgehead atoms. The number of nitrogens with zero attached hydrogens (tertiary/aromatic N) is 1. The van der Waals surface area contributed by atoms with E-state index >= 15 is 0 Å². The molecular weight excluding hydrogens is 658 g/mol. The molecule has 3 aromatic rings. The van der Waals surface area contributed by atoms with Crippen LogP contribution in [0.5, 0.6) is 0 Å². The summed E-state index contributed by atoms with van der Waals surface area (Å²) in [5, 5.41) is 8.96. The lowest BCUT2D eigenvalue weighted by molar-refractivity contribution is -0.158. The van der Waals surface area contributed by atoms with Crippen LogP contribution in [0.1, 0.15) is 87.0 Å². The number of rotatable bonds is 21. The molecule has 3 aromatic carbocycles. The first kappa shape index (κ1) is 39.9. The smallest absolute Gasteiger partial charge is 0.416 e. The molecule has 1 aliphatic heterocycles. The number of Topliss-reactive ketones (excluding diaryl/α,β-unsaturated/α-hetero) is 1. The number of unbranched alkanes of at least 4 members (excludes halogenated alkanes) is 7. The Morgan fingerprint density at radius 3 is 2.08 bits per heavy atom. The highest BCUT2D eigenvalue weighted by atomic mass is 16.6. The number of amides is 2. The number of imide groups is 1. The van der Waals surface area contributed by atoms with Crippen molar-refractivity contribution in [2.24, 2.45) is 5.92 Å². The van der Waals surface area contributed by atoms with Crippen molar-refractivity contribution >= 4 is 35.1 Å². The van der Waals surface area contributed by atoms with E-state index in [0.717, 1.165) is 67.9 Å². The monoisotopic (exact) mass is 709 g/mol. The maximum atomic E-state index is 14.5. The number of aliphatic hydroxyl groups excluding tert-OH is 1. The van der Waals surface area contributed by atoms with Gasteiger partial charge in [0, 0.05) is 25.5 Å². The highest BCUT2D eigenvalue weighted by Gasteiger charge is 2.45. The summed E-state index contributed by atoms with van der Waals surface area (Å²) in [7, 11) is 0. The zero-order valence-electron chi connectivity index (χ0n) is 30.3. The lowest BCUT2D eigenvalue weighted by Crippen LogP contribution is -2.49. The summed E-state index contributed by atoms with van der Waals surface area (Å²) in [6.07, 6.45) is 6.86. The SMILES string of the molecule is CC(=O)OC(C(=O)C=C(C(=O)CCCCCCCCCCO)c1cccc(C)c1)C(Cc1ccccc1)C(=O)N1C(=O)OCC1Cc1ccccc1. The summed E-state index contributed by atoms with van der Waals surface area (Å²) >= 11 is 0. The van der Waals surface area contributed by atoms with Crippen molar-refractivity contribution in [1.82, 2.24) is 4.90 Å². The maximum Gasteiger partial charge on any atom is 0.416 e. The van der Waals surface area contributed by atoms with Gasteiger partial charge in [-0.05, 0) is 55.4 Å². The van der Waals surface area contributed by atoms with E-state index in [4.69, 9.17) is 14.6 Å². The minimum Gasteiger partial charge on any atom is -0.453 e. The second-order valence-corrected chi connectivity index (χ2v) is 13.5. The van der Waals surface area contributed by atoms with Gasteiger partial charge in [-0.25, -0.2) is 9.69 Å². The molecule has 4 rings (SSSR count). The van der Waals surface area contributed by atoms with Crippen molar-refractivity contribution in [2.45, 2.75) is 96.6 Å². The Balaban J connectivity index is 1.63. The summed E-state index contributed by atoms with van der Waals surface area (Å²) in [6, 6.07) is 25.1. The molecule has 0 spiro atoms. The number of aryl methyl sites for hydroxylation is 1. The third-order valence-corrected chi connectivity index (χ3v) is 9.30. The van der Waals surface area contributed by atoms with Gasteiger partial charge in [0.2, 0.25) is 5.91 Å². The van der Waals surface area contributed by atoms with Crippen molar-refractivity contribution < 1.29 is 38.6 Å².